The second-order valence-electron chi connectivity index (χ2n) is 7.28. The fraction of sp³-hybridized carbons (Fsp3) is 0.474. The molecule has 2 N–H and O–H groups in total. The normalized spacial score (nSPS) is 13.2. The van der Waals surface area contributed by atoms with Crippen LogP contribution in [0.15, 0.2) is 22.7 Å². The van der Waals surface area contributed by atoms with Gasteiger partial charge in [0.1, 0.15) is 5.82 Å². The maximum absolute atomic E-state index is 14.0. The monoisotopic (exact) mass is 428 g/mol. The van der Waals surface area contributed by atoms with E-state index in [1.54, 1.807) is 0 Å². The van der Waals surface area contributed by atoms with Gasteiger partial charge in [-0.25, -0.2) is 14.1 Å². The average Bonchev–Trinajstić information content (AvgIpc) is 3.06. The summed E-state index contributed by atoms with van der Waals surface area (Å²) in [6.45, 7) is 9.07. The number of aromatic nitrogens is 1. The third kappa shape index (κ3) is 5.15. The molecule has 2 aromatic rings. The number of thiazole rings is 1. The number of hydrogen-bond donors (Lipinski definition) is 2. The van der Waals surface area contributed by atoms with Crippen LogP contribution < -0.4 is 4.72 Å². The van der Waals surface area contributed by atoms with Gasteiger partial charge in [0.2, 0.25) is 10.2 Å². The van der Waals surface area contributed by atoms with Gasteiger partial charge in [0.05, 0.1) is 17.4 Å². The van der Waals surface area contributed by atoms with Gasteiger partial charge in [-0.2, -0.15) is 8.42 Å². The van der Waals surface area contributed by atoms with Crippen molar-refractivity contribution >= 4 is 27.3 Å². The Morgan fingerprint density at radius 1 is 1.18 bits per heavy atom. The smallest absolute Gasteiger partial charge is 0.291 e. The van der Waals surface area contributed by atoms with Crippen LogP contribution in [-0.4, -0.2) is 24.4 Å². The van der Waals surface area contributed by atoms with Crippen molar-refractivity contribution in [2.45, 2.75) is 63.3 Å². The first-order chi connectivity index (χ1) is 12.9. The van der Waals surface area contributed by atoms with E-state index in [0.29, 0.717) is 21.6 Å². The number of benzene rings is 1. The van der Waals surface area contributed by atoms with E-state index >= 15 is 0 Å². The maximum Gasteiger partial charge on any atom is 0.291 e. The lowest BCUT2D eigenvalue weighted by atomic mass is 9.87. The van der Waals surface area contributed by atoms with Crippen molar-refractivity contribution in [1.29, 1.82) is 0 Å². The molecule has 2 rings (SSSR count). The molecule has 9 heteroatoms. The molecule has 1 amide bonds. The molecule has 0 fully saturated rings. The third-order valence-electron chi connectivity index (χ3n) is 4.26. The molecule has 1 unspecified atom stereocenters. The van der Waals surface area contributed by atoms with Gasteiger partial charge in [-0.15, -0.1) is 11.3 Å². The Morgan fingerprint density at radius 2 is 1.71 bits per heavy atom. The number of halogens is 1. The second-order valence-corrected chi connectivity index (χ2v) is 10.2. The third-order valence-corrected chi connectivity index (χ3v) is 7.19. The molecule has 28 heavy (non-hydrogen) atoms. The van der Waals surface area contributed by atoms with Crippen molar-refractivity contribution in [3.63, 3.8) is 0 Å². The van der Waals surface area contributed by atoms with Crippen LogP contribution in [0, 0.1) is 5.82 Å². The molecule has 0 aliphatic carbocycles. The Labute approximate surface area is 168 Å². The van der Waals surface area contributed by atoms with Crippen LogP contribution in [-0.2, 0) is 21.2 Å². The van der Waals surface area contributed by atoms with Crippen molar-refractivity contribution in [2.24, 2.45) is 0 Å². The highest BCUT2D eigenvalue weighted by Crippen LogP contribution is 2.30. The van der Waals surface area contributed by atoms with Crippen LogP contribution in [0.2, 0.25) is 0 Å². The van der Waals surface area contributed by atoms with Crippen molar-refractivity contribution in [3.05, 3.63) is 45.7 Å². The zero-order valence-corrected chi connectivity index (χ0v) is 18.1. The molecule has 0 aliphatic heterocycles. The van der Waals surface area contributed by atoms with E-state index in [0.717, 1.165) is 11.3 Å². The minimum Gasteiger partial charge on any atom is -0.388 e. The van der Waals surface area contributed by atoms with Crippen molar-refractivity contribution in [3.8, 4) is 0 Å². The largest absolute Gasteiger partial charge is 0.388 e. The van der Waals surface area contributed by atoms with E-state index in [4.69, 9.17) is 0 Å². The molecule has 0 aliphatic rings. The summed E-state index contributed by atoms with van der Waals surface area (Å²) in [5.41, 5.74) is 2.01. The molecule has 1 heterocycles. The number of hydrogen-bond acceptors (Lipinski definition) is 6. The highest BCUT2D eigenvalue weighted by molar-refractivity contribution is 7.92. The predicted octanol–water partition coefficient (Wildman–Crippen LogP) is 3.63. The number of rotatable bonds is 7. The van der Waals surface area contributed by atoms with Gasteiger partial charge in [-0.1, -0.05) is 27.7 Å². The molecule has 1 aromatic heterocycles. The zero-order valence-electron chi connectivity index (χ0n) is 16.5. The predicted molar refractivity (Wildman–Crippen MR) is 106 cm³/mol. The van der Waals surface area contributed by atoms with Gasteiger partial charge in [0.15, 0.2) is 0 Å². The number of aliphatic hydroxyl groups is 1. The standard InChI is InChI=1S/C19H25FN2O4S2/c1-10(2)14-6-13(20)7-15(11(3)4)16(14)8-18(24)22-28(25,26)19-21-9-17(27-19)12(5)23/h6-7,9-12,23H,8H2,1-5H3,(H,22,24). The summed E-state index contributed by atoms with van der Waals surface area (Å²) in [5, 5.41) is 9.52. The lowest BCUT2D eigenvalue weighted by molar-refractivity contribution is -0.118. The molecule has 0 radical (unpaired) electrons. The van der Waals surface area contributed by atoms with Gasteiger partial charge < -0.3 is 5.11 Å². The second kappa shape index (κ2) is 8.67. The van der Waals surface area contributed by atoms with Crippen LogP contribution in [0.3, 0.4) is 0 Å². The Hall–Kier alpha value is -1.84. The molecule has 1 aromatic carbocycles. The number of nitrogens with one attached hydrogen (secondary N) is 1. The summed E-state index contributed by atoms with van der Waals surface area (Å²) in [6, 6.07) is 2.78. The minimum absolute atomic E-state index is 0.0276. The fourth-order valence-electron chi connectivity index (χ4n) is 2.89. The first-order valence-electron chi connectivity index (χ1n) is 8.94. The number of carbonyl (C=O) groups excluding carboxylic acids is 1. The number of aliphatic hydroxyl groups excluding tert-OH is 1. The summed E-state index contributed by atoms with van der Waals surface area (Å²) in [6.07, 6.45) is 0.232. The molecular weight excluding hydrogens is 403 g/mol. The molecule has 1 atom stereocenters. The number of nitrogens with zero attached hydrogens (tertiary/aromatic N) is 1. The number of sulfonamides is 1. The topological polar surface area (TPSA) is 96.4 Å². The Balaban J connectivity index is 2.31. The van der Waals surface area contributed by atoms with Crippen molar-refractivity contribution in [1.82, 2.24) is 9.71 Å². The van der Waals surface area contributed by atoms with Crippen LogP contribution in [0.4, 0.5) is 4.39 Å². The lowest BCUT2D eigenvalue weighted by Crippen LogP contribution is -2.32. The Kier molecular flexibility index (Phi) is 6.95. The minimum atomic E-state index is -4.14. The lowest BCUT2D eigenvalue weighted by Gasteiger charge is -2.19. The quantitative estimate of drug-likeness (QED) is 0.702. The molecule has 0 saturated heterocycles. The molecular formula is C19H25FN2O4S2. The first kappa shape index (κ1) is 22.4. The fourth-order valence-corrected chi connectivity index (χ4v) is 4.98. The summed E-state index contributed by atoms with van der Waals surface area (Å²) in [4.78, 5) is 16.7. The summed E-state index contributed by atoms with van der Waals surface area (Å²) in [7, 11) is -4.14. The van der Waals surface area contributed by atoms with Crippen molar-refractivity contribution < 1.29 is 22.7 Å². The van der Waals surface area contributed by atoms with Crippen LogP contribution in [0.1, 0.15) is 74.1 Å². The molecule has 6 nitrogen and oxygen atoms in total. The summed E-state index contributed by atoms with van der Waals surface area (Å²) >= 11 is 0.801. The van der Waals surface area contributed by atoms with E-state index in [-0.39, 0.29) is 28.4 Å². The highest BCUT2D eigenvalue weighted by atomic mass is 32.2. The maximum atomic E-state index is 14.0. The van der Waals surface area contributed by atoms with E-state index in [1.165, 1.54) is 25.3 Å². The molecule has 0 saturated carbocycles. The van der Waals surface area contributed by atoms with E-state index in [2.05, 4.69) is 4.98 Å². The van der Waals surface area contributed by atoms with Crippen LogP contribution in [0.5, 0.6) is 0 Å². The van der Waals surface area contributed by atoms with Crippen LogP contribution >= 0.6 is 11.3 Å². The van der Waals surface area contributed by atoms with Gasteiger partial charge in [0, 0.05) is 6.20 Å². The SMILES string of the molecule is CC(C)c1cc(F)cc(C(C)C)c1CC(=O)NS(=O)(=O)c1ncc(C(C)O)s1. The number of carbonyl (C=O) groups is 1. The molecule has 154 valence electrons. The Bertz CT molecular complexity index is 937. The highest BCUT2D eigenvalue weighted by Gasteiger charge is 2.25. The van der Waals surface area contributed by atoms with Gasteiger partial charge in [-0.3, -0.25) is 4.79 Å². The van der Waals surface area contributed by atoms with Gasteiger partial charge >= 0.3 is 0 Å². The summed E-state index contributed by atoms with van der Waals surface area (Å²) < 4.78 is 40.6. The van der Waals surface area contributed by atoms with Crippen molar-refractivity contribution in [2.75, 3.05) is 0 Å². The van der Waals surface area contributed by atoms with Gasteiger partial charge in [0.25, 0.3) is 10.0 Å². The number of amides is 1. The zero-order chi connectivity index (χ0) is 21.2. The van der Waals surface area contributed by atoms with Gasteiger partial charge in [-0.05, 0) is 47.6 Å². The molecule has 0 spiro atoms. The Morgan fingerprint density at radius 3 is 2.14 bits per heavy atom. The summed E-state index contributed by atoms with van der Waals surface area (Å²) in [5.74, 6) is -1.15. The molecule has 0 bridgehead atoms. The van der Waals surface area contributed by atoms with Crippen LogP contribution in [0.25, 0.3) is 0 Å². The average molecular weight is 429 g/mol. The van der Waals surface area contributed by atoms with E-state index < -0.39 is 22.0 Å². The van der Waals surface area contributed by atoms with E-state index in [1.807, 2.05) is 32.4 Å². The first-order valence-corrected chi connectivity index (χ1v) is 11.2. The van der Waals surface area contributed by atoms with E-state index in [9.17, 15) is 22.7 Å².